The van der Waals surface area contributed by atoms with Crippen LogP contribution in [0.3, 0.4) is 0 Å². The van der Waals surface area contributed by atoms with E-state index in [1.54, 1.807) is 18.2 Å². The van der Waals surface area contributed by atoms with Gasteiger partial charge in [0.2, 0.25) is 5.91 Å². The van der Waals surface area contributed by atoms with E-state index in [9.17, 15) is 9.90 Å². The fourth-order valence-electron chi connectivity index (χ4n) is 1.91. The monoisotopic (exact) mass is 264 g/mol. The van der Waals surface area contributed by atoms with Gasteiger partial charge in [0.25, 0.3) is 0 Å². The number of hydrogen-bond donors (Lipinski definition) is 2. The van der Waals surface area contributed by atoms with Crippen LogP contribution in [0.25, 0.3) is 0 Å². The lowest BCUT2D eigenvalue weighted by atomic mass is 9.93. The zero-order valence-corrected chi connectivity index (χ0v) is 12.0. The van der Waals surface area contributed by atoms with E-state index in [4.69, 9.17) is 5.73 Å². The number of carbonyl (C=O) groups is 1. The number of likely N-dealkylation sites (N-methyl/N-ethyl adjacent to an activating group) is 1. The zero-order chi connectivity index (χ0) is 14.5. The fourth-order valence-corrected chi connectivity index (χ4v) is 1.91. The van der Waals surface area contributed by atoms with Crippen molar-refractivity contribution in [2.45, 2.75) is 27.2 Å². The van der Waals surface area contributed by atoms with Gasteiger partial charge >= 0.3 is 0 Å². The van der Waals surface area contributed by atoms with E-state index in [1.807, 2.05) is 17.9 Å². The van der Waals surface area contributed by atoms with Crippen molar-refractivity contribution in [2.24, 2.45) is 11.1 Å². The molecule has 0 unspecified atom stereocenters. The van der Waals surface area contributed by atoms with Gasteiger partial charge in [-0.15, -0.1) is 0 Å². The molecule has 0 aliphatic rings. The Labute approximate surface area is 115 Å². The molecule has 1 aromatic carbocycles. The molecule has 1 rings (SSSR count). The molecule has 0 atom stereocenters. The predicted octanol–water partition coefficient (Wildman–Crippen LogP) is 1.77. The number of carbonyl (C=O) groups excluding carboxylic acids is 1. The molecule has 0 heterocycles. The first-order valence-electron chi connectivity index (χ1n) is 6.63. The molecule has 1 aromatic rings. The summed E-state index contributed by atoms with van der Waals surface area (Å²) in [6, 6.07) is 6.82. The quantitative estimate of drug-likeness (QED) is 0.823. The first-order valence-corrected chi connectivity index (χ1v) is 6.63. The molecular weight excluding hydrogens is 240 g/mol. The summed E-state index contributed by atoms with van der Waals surface area (Å²) in [4.78, 5) is 14.1. The summed E-state index contributed by atoms with van der Waals surface area (Å²) in [5.41, 5.74) is 6.46. The number of phenols is 1. The molecule has 0 aromatic heterocycles. The molecule has 0 spiro atoms. The van der Waals surface area contributed by atoms with E-state index in [2.05, 4.69) is 13.8 Å². The summed E-state index contributed by atoms with van der Waals surface area (Å²) in [5.74, 6) is 0.255. The van der Waals surface area contributed by atoms with Gasteiger partial charge in [-0.25, -0.2) is 0 Å². The third-order valence-electron chi connectivity index (χ3n) is 3.17. The SMILES string of the molecule is CCN(CC(C)(C)CN)C(=O)Cc1cccc(O)c1. The average Bonchev–Trinajstić information content (AvgIpc) is 2.36. The van der Waals surface area contributed by atoms with Gasteiger partial charge in [0.1, 0.15) is 5.75 Å². The smallest absolute Gasteiger partial charge is 0.227 e. The first-order chi connectivity index (χ1) is 8.88. The molecule has 0 bridgehead atoms. The molecule has 19 heavy (non-hydrogen) atoms. The molecule has 0 aliphatic carbocycles. The molecule has 0 radical (unpaired) electrons. The number of aromatic hydroxyl groups is 1. The largest absolute Gasteiger partial charge is 0.508 e. The van der Waals surface area contributed by atoms with Gasteiger partial charge in [0, 0.05) is 13.1 Å². The number of hydrogen-bond acceptors (Lipinski definition) is 3. The summed E-state index contributed by atoms with van der Waals surface area (Å²) in [6.45, 7) is 7.93. The van der Waals surface area contributed by atoms with Crippen LogP contribution in [0.5, 0.6) is 5.75 Å². The lowest BCUT2D eigenvalue weighted by Crippen LogP contribution is -2.42. The van der Waals surface area contributed by atoms with Crippen molar-refractivity contribution < 1.29 is 9.90 Å². The Morgan fingerprint density at radius 3 is 2.63 bits per heavy atom. The molecule has 4 nitrogen and oxygen atoms in total. The Morgan fingerprint density at radius 2 is 2.11 bits per heavy atom. The minimum Gasteiger partial charge on any atom is -0.508 e. The summed E-state index contributed by atoms with van der Waals surface area (Å²) < 4.78 is 0. The molecule has 0 aliphatic heterocycles. The second-order valence-electron chi connectivity index (χ2n) is 5.62. The Balaban J connectivity index is 2.69. The van der Waals surface area contributed by atoms with Gasteiger partial charge in [-0.2, -0.15) is 0 Å². The molecule has 0 saturated heterocycles. The number of phenolic OH excluding ortho intramolecular Hbond substituents is 1. The van der Waals surface area contributed by atoms with Crippen molar-refractivity contribution in [3.63, 3.8) is 0 Å². The van der Waals surface area contributed by atoms with Crippen molar-refractivity contribution in [1.29, 1.82) is 0 Å². The maximum absolute atomic E-state index is 12.3. The third-order valence-corrected chi connectivity index (χ3v) is 3.17. The molecule has 0 saturated carbocycles. The van der Waals surface area contributed by atoms with Crippen molar-refractivity contribution in [1.82, 2.24) is 4.90 Å². The van der Waals surface area contributed by atoms with Crippen LogP contribution < -0.4 is 5.73 Å². The summed E-state index contributed by atoms with van der Waals surface area (Å²) >= 11 is 0. The fraction of sp³-hybridized carbons (Fsp3) is 0.533. The highest BCUT2D eigenvalue weighted by atomic mass is 16.3. The highest BCUT2D eigenvalue weighted by Gasteiger charge is 2.22. The predicted molar refractivity (Wildman–Crippen MR) is 76.9 cm³/mol. The van der Waals surface area contributed by atoms with Crippen LogP contribution in [0.1, 0.15) is 26.3 Å². The van der Waals surface area contributed by atoms with Crippen LogP contribution in [-0.4, -0.2) is 35.5 Å². The number of nitrogens with zero attached hydrogens (tertiary/aromatic N) is 1. The highest BCUT2D eigenvalue weighted by molar-refractivity contribution is 5.78. The van der Waals surface area contributed by atoms with Crippen LogP contribution in [0, 0.1) is 5.41 Å². The lowest BCUT2D eigenvalue weighted by molar-refractivity contribution is -0.131. The number of nitrogens with two attached hydrogens (primary N) is 1. The molecule has 0 fully saturated rings. The minimum atomic E-state index is -0.0789. The molecular formula is C15H24N2O2. The van der Waals surface area contributed by atoms with E-state index in [1.165, 1.54) is 0 Å². The van der Waals surface area contributed by atoms with Crippen LogP contribution >= 0.6 is 0 Å². The lowest BCUT2D eigenvalue weighted by Gasteiger charge is -2.31. The second-order valence-corrected chi connectivity index (χ2v) is 5.62. The number of rotatable bonds is 6. The third kappa shape index (κ3) is 4.91. The van der Waals surface area contributed by atoms with Gasteiger partial charge in [-0.05, 0) is 36.6 Å². The van der Waals surface area contributed by atoms with Gasteiger partial charge in [-0.3, -0.25) is 4.79 Å². The molecule has 106 valence electrons. The number of amides is 1. The maximum atomic E-state index is 12.3. The van der Waals surface area contributed by atoms with Crippen LogP contribution in [-0.2, 0) is 11.2 Å². The Bertz CT molecular complexity index is 430. The normalized spacial score (nSPS) is 11.4. The van der Waals surface area contributed by atoms with Crippen LogP contribution in [0.2, 0.25) is 0 Å². The Morgan fingerprint density at radius 1 is 1.42 bits per heavy atom. The first kappa shape index (κ1) is 15.5. The number of benzene rings is 1. The van der Waals surface area contributed by atoms with Gasteiger partial charge < -0.3 is 15.7 Å². The summed E-state index contributed by atoms with van der Waals surface area (Å²) in [5, 5.41) is 9.40. The standard InChI is InChI=1S/C15H24N2O2/c1-4-17(11-15(2,3)10-16)14(19)9-12-6-5-7-13(18)8-12/h5-8,18H,4,9-11,16H2,1-3H3. The van der Waals surface area contributed by atoms with Crippen LogP contribution in [0.4, 0.5) is 0 Å². The van der Waals surface area contributed by atoms with Gasteiger partial charge in [0.05, 0.1) is 6.42 Å². The van der Waals surface area contributed by atoms with E-state index >= 15 is 0 Å². The van der Waals surface area contributed by atoms with Crippen molar-refractivity contribution in [3.8, 4) is 5.75 Å². The van der Waals surface area contributed by atoms with E-state index < -0.39 is 0 Å². The van der Waals surface area contributed by atoms with E-state index in [-0.39, 0.29) is 17.1 Å². The van der Waals surface area contributed by atoms with Crippen LogP contribution in [0.15, 0.2) is 24.3 Å². The van der Waals surface area contributed by atoms with Crippen molar-refractivity contribution in [3.05, 3.63) is 29.8 Å². The molecule has 3 N–H and O–H groups in total. The second kappa shape index (κ2) is 6.57. The molecule has 4 heteroatoms. The van der Waals surface area contributed by atoms with E-state index in [0.29, 0.717) is 26.1 Å². The molecule has 1 amide bonds. The Hall–Kier alpha value is -1.55. The maximum Gasteiger partial charge on any atom is 0.227 e. The Kier molecular flexibility index (Phi) is 5.36. The summed E-state index contributed by atoms with van der Waals surface area (Å²) in [7, 11) is 0. The van der Waals surface area contributed by atoms with E-state index in [0.717, 1.165) is 5.56 Å². The van der Waals surface area contributed by atoms with Crippen molar-refractivity contribution in [2.75, 3.05) is 19.6 Å². The summed E-state index contributed by atoms with van der Waals surface area (Å²) in [6.07, 6.45) is 0.308. The van der Waals surface area contributed by atoms with Gasteiger partial charge in [-0.1, -0.05) is 26.0 Å². The average molecular weight is 264 g/mol. The minimum absolute atomic E-state index is 0.0645. The van der Waals surface area contributed by atoms with Gasteiger partial charge in [0.15, 0.2) is 0 Å². The topological polar surface area (TPSA) is 66.6 Å². The zero-order valence-electron chi connectivity index (χ0n) is 12.0. The van der Waals surface area contributed by atoms with Crippen molar-refractivity contribution >= 4 is 5.91 Å². The highest BCUT2D eigenvalue weighted by Crippen LogP contribution is 2.17.